The van der Waals surface area contributed by atoms with Gasteiger partial charge >= 0.3 is 0 Å². The summed E-state index contributed by atoms with van der Waals surface area (Å²) in [6.45, 7) is 0.542. The topological polar surface area (TPSA) is 86.3 Å². The summed E-state index contributed by atoms with van der Waals surface area (Å²) in [5.41, 5.74) is 1.01. The summed E-state index contributed by atoms with van der Waals surface area (Å²) in [4.78, 5) is 16.3. The Morgan fingerprint density at radius 2 is 2.15 bits per heavy atom. The molecule has 102 valence electrons. The van der Waals surface area contributed by atoms with Crippen molar-refractivity contribution in [3.8, 4) is 5.95 Å². The highest BCUT2D eigenvalue weighted by Crippen LogP contribution is 2.10. The molecule has 0 saturated carbocycles. The van der Waals surface area contributed by atoms with Crippen LogP contribution in [0.15, 0.2) is 31.0 Å². The Kier molecular flexibility index (Phi) is 3.30. The number of hydrogen-bond acceptors (Lipinski definition) is 6. The minimum Gasteiger partial charge on any atom is -0.348 e. The van der Waals surface area contributed by atoms with Crippen molar-refractivity contribution >= 4 is 17.5 Å². The second-order valence-corrected chi connectivity index (χ2v) is 4.34. The maximum Gasteiger partial charge on any atom is 0.241 e. The lowest BCUT2D eigenvalue weighted by atomic mass is 10.4. The Balaban J connectivity index is 1.81. The first-order valence-corrected chi connectivity index (χ1v) is 6.21. The van der Waals surface area contributed by atoms with Crippen molar-refractivity contribution < 1.29 is 0 Å². The summed E-state index contributed by atoms with van der Waals surface area (Å²) in [6.07, 6.45) is 6.70. The summed E-state index contributed by atoms with van der Waals surface area (Å²) < 4.78 is 3.43. The van der Waals surface area contributed by atoms with Crippen molar-refractivity contribution in [3.05, 3.63) is 42.0 Å². The summed E-state index contributed by atoms with van der Waals surface area (Å²) in [6, 6.07) is 1.91. The average Bonchev–Trinajstić information content (AvgIpc) is 3.07. The van der Waals surface area contributed by atoms with Gasteiger partial charge in [0.2, 0.25) is 17.2 Å². The van der Waals surface area contributed by atoms with Gasteiger partial charge < -0.3 is 5.32 Å². The van der Waals surface area contributed by atoms with Gasteiger partial charge in [-0.25, -0.2) is 4.98 Å². The number of halogens is 1. The molecule has 3 aromatic heterocycles. The highest BCUT2D eigenvalue weighted by atomic mass is 35.5. The van der Waals surface area contributed by atoms with Gasteiger partial charge in [0.25, 0.3) is 0 Å². The smallest absolute Gasteiger partial charge is 0.241 e. The fraction of sp³-hybridized carbons (Fsp3) is 0.182. The predicted molar refractivity (Wildman–Crippen MR) is 72.5 cm³/mol. The number of nitrogens with one attached hydrogen (secondary N) is 1. The molecule has 0 aliphatic rings. The zero-order valence-electron chi connectivity index (χ0n) is 10.6. The highest BCUT2D eigenvalue weighted by Gasteiger charge is 2.07. The van der Waals surface area contributed by atoms with Gasteiger partial charge in [-0.2, -0.15) is 20.1 Å². The van der Waals surface area contributed by atoms with Crippen molar-refractivity contribution in [1.82, 2.24) is 34.3 Å². The first-order valence-electron chi connectivity index (χ1n) is 5.83. The number of aromatic nitrogens is 7. The molecule has 0 bridgehead atoms. The molecule has 0 aromatic carbocycles. The zero-order valence-corrected chi connectivity index (χ0v) is 11.4. The third-order valence-corrected chi connectivity index (χ3v) is 2.85. The molecule has 3 rings (SSSR count). The van der Waals surface area contributed by atoms with E-state index in [2.05, 4.69) is 30.4 Å². The van der Waals surface area contributed by atoms with E-state index in [0.717, 1.165) is 5.69 Å². The molecule has 9 heteroatoms. The van der Waals surface area contributed by atoms with Gasteiger partial charge in [-0.05, 0) is 17.7 Å². The fourth-order valence-electron chi connectivity index (χ4n) is 1.66. The van der Waals surface area contributed by atoms with E-state index < -0.39 is 0 Å². The van der Waals surface area contributed by atoms with Crippen LogP contribution in [0.25, 0.3) is 5.95 Å². The lowest BCUT2D eigenvalue weighted by Gasteiger charge is -2.07. The van der Waals surface area contributed by atoms with Crippen molar-refractivity contribution in [3.63, 3.8) is 0 Å². The van der Waals surface area contributed by atoms with Crippen molar-refractivity contribution in [2.24, 2.45) is 7.05 Å². The molecule has 20 heavy (non-hydrogen) atoms. The molecule has 0 radical (unpaired) electrons. The molecule has 0 saturated heterocycles. The molecule has 3 aromatic rings. The fourth-order valence-corrected chi connectivity index (χ4v) is 1.81. The Hall–Kier alpha value is -2.48. The molecule has 0 aliphatic heterocycles. The maximum atomic E-state index is 5.91. The molecule has 1 N–H and O–H groups in total. The van der Waals surface area contributed by atoms with Gasteiger partial charge in [-0.3, -0.25) is 9.25 Å². The minimum absolute atomic E-state index is 0.121. The van der Waals surface area contributed by atoms with Crippen LogP contribution in [0.3, 0.4) is 0 Å². The predicted octanol–water partition coefficient (Wildman–Crippen LogP) is 1.06. The highest BCUT2D eigenvalue weighted by molar-refractivity contribution is 6.28. The summed E-state index contributed by atoms with van der Waals surface area (Å²) in [5.74, 6) is 0.810. The first kappa shape index (κ1) is 12.5. The number of nitrogens with zero attached hydrogens (tertiary/aromatic N) is 7. The van der Waals surface area contributed by atoms with Crippen molar-refractivity contribution in [2.75, 3.05) is 5.32 Å². The molecule has 0 spiro atoms. The van der Waals surface area contributed by atoms with Crippen LogP contribution in [-0.2, 0) is 13.6 Å². The molecule has 0 amide bonds. The quantitative estimate of drug-likeness (QED) is 0.773. The van der Waals surface area contributed by atoms with Crippen molar-refractivity contribution in [2.45, 2.75) is 6.54 Å². The lowest BCUT2D eigenvalue weighted by Crippen LogP contribution is -2.10. The molecular formula is C11H11ClN8. The second-order valence-electron chi connectivity index (χ2n) is 4.00. The second kappa shape index (κ2) is 5.25. The van der Waals surface area contributed by atoms with Crippen LogP contribution in [0.4, 0.5) is 5.95 Å². The van der Waals surface area contributed by atoms with Crippen LogP contribution in [0.5, 0.6) is 0 Å². The third-order valence-electron chi connectivity index (χ3n) is 2.68. The maximum absolute atomic E-state index is 5.91. The Morgan fingerprint density at radius 1 is 1.25 bits per heavy atom. The minimum atomic E-state index is 0.121. The molecule has 0 fully saturated rings. The number of aryl methyl sites for hydroxylation is 1. The van der Waals surface area contributed by atoms with E-state index in [0.29, 0.717) is 18.4 Å². The van der Waals surface area contributed by atoms with E-state index >= 15 is 0 Å². The van der Waals surface area contributed by atoms with Gasteiger partial charge in [-0.1, -0.05) is 0 Å². The number of rotatable bonds is 4. The van der Waals surface area contributed by atoms with Gasteiger partial charge in [0.1, 0.15) is 6.33 Å². The third kappa shape index (κ3) is 2.59. The molecule has 0 aliphatic carbocycles. The zero-order chi connectivity index (χ0) is 13.9. The number of hydrogen-bond donors (Lipinski definition) is 1. The number of imidazole rings is 1. The van der Waals surface area contributed by atoms with Crippen molar-refractivity contribution in [1.29, 1.82) is 0 Å². The summed E-state index contributed by atoms with van der Waals surface area (Å²) in [5, 5.41) is 7.30. The number of anilines is 1. The Labute approximate surface area is 119 Å². The van der Waals surface area contributed by atoms with E-state index in [1.54, 1.807) is 34.2 Å². The Bertz CT molecular complexity index is 705. The molecule has 0 unspecified atom stereocenters. The van der Waals surface area contributed by atoms with E-state index in [1.165, 1.54) is 0 Å². The lowest BCUT2D eigenvalue weighted by molar-refractivity contribution is 0.718. The van der Waals surface area contributed by atoms with Crippen LogP contribution in [0.1, 0.15) is 5.69 Å². The van der Waals surface area contributed by atoms with Crippen LogP contribution in [0.2, 0.25) is 5.28 Å². The molecule has 8 nitrogen and oxygen atoms in total. The van der Waals surface area contributed by atoms with Gasteiger partial charge in [-0.15, -0.1) is 0 Å². The van der Waals surface area contributed by atoms with Gasteiger partial charge in [0.05, 0.1) is 12.2 Å². The van der Waals surface area contributed by atoms with Crippen LogP contribution in [-0.4, -0.2) is 34.3 Å². The van der Waals surface area contributed by atoms with Crippen LogP contribution >= 0.6 is 11.6 Å². The van der Waals surface area contributed by atoms with E-state index in [9.17, 15) is 0 Å². The van der Waals surface area contributed by atoms with Crippen LogP contribution in [0, 0.1) is 0 Å². The van der Waals surface area contributed by atoms with E-state index in [4.69, 9.17) is 11.6 Å². The van der Waals surface area contributed by atoms with Crippen LogP contribution < -0.4 is 5.32 Å². The summed E-state index contributed by atoms with van der Waals surface area (Å²) >= 11 is 5.91. The van der Waals surface area contributed by atoms with Gasteiger partial charge in [0, 0.05) is 25.6 Å². The molecule has 0 atom stereocenters. The largest absolute Gasteiger partial charge is 0.348 e. The monoisotopic (exact) mass is 290 g/mol. The average molecular weight is 291 g/mol. The molecule has 3 heterocycles. The van der Waals surface area contributed by atoms with E-state index in [1.807, 2.05) is 13.1 Å². The molecular weight excluding hydrogens is 280 g/mol. The standard InChI is InChI=1S/C11H11ClN8/c1-19-8(2-3-15-19)6-14-10-16-9(12)17-11(18-10)20-5-4-13-7-20/h2-5,7H,6H2,1H3,(H,14,16,17,18). The van der Waals surface area contributed by atoms with Gasteiger partial charge in [0.15, 0.2) is 0 Å². The SMILES string of the molecule is Cn1nccc1CNc1nc(Cl)nc(-n2ccnc2)n1. The first-order chi connectivity index (χ1) is 9.72. The van der Waals surface area contributed by atoms with E-state index in [-0.39, 0.29) is 5.28 Å². The Morgan fingerprint density at radius 3 is 2.85 bits per heavy atom. The normalized spacial score (nSPS) is 10.7. The summed E-state index contributed by atoms with van der Waals surface area (Å²) in [7, 11) is 1.87.